The number of aromatic nitrogens is 2. The van der Waals surface area contributed by atoms with Crippen molar-refractivity contribution in [3.8, 4) is 6.01 Å². The standard InChI is InChI=1S/C7H9BrN2O/c1-2-3-11-7-9-4-6(8)5-10-7/h4-5H,2-3H2,1H3. The highest BCUT2D eigenvalue weighted by Crippen LogP contribution is 2.07. The lowest BCUT2D eigenvalue weighted by molar-refractivity contribution is 0.292. The van der Waals surface area contributed by atoms with Gasteiger partial charge in [0.2, 0.25) is 0 Å². The Bertz CT molecular complexity index is 212. The summed E-state index contributed by atoms with van der Waals surface area (Å²) in [5.41, 5.74) is 0. The number of hydrogen-bond acceptors (Lipinski definition) is 3. The SMILES string of the molecule is CCCOc1ncc(Br)cn1. The molecule has 1 heterocycles. The summed E-state index contributed by atoms with van der Waals surface area (Å²) in [4.78, 5) is 7.87. The van der Waals surface area contributed by atoms with Gasteiger partial charge in [-0.05, 0) is 22.4 Å². The van der Waals surface area contributed by atoms with Gasteiger partial charge in [-0.1, -0.05) is 6.92 Å². The summed E-state index contributed by atoms with van der Waals surface area (Å²) in [6.45, 7) is 2.71. The first kappa shape index (κ1) is 8.46. The highest BCUT2D eigenvalue weighted by Gasteiger charge is 1.94. The summed E-state index contributed by atoms with van der Waals surface area (Å²) in [7, 11) is 0. The molecule has 0 amide bonds. The van der Waals surface area contributed by atoms with Crippen LogP contribution in [0.25, 0.3) is 0 Å². The Labute approximate surface area is 73.9 Å². The fourth-order valence-corrected chi connectivity index (χ4v) is 0.773. The lowest BCUT2D eigenvalue weighted by atomic mass is 10.5. The molecule has 0 fully saturated rings. The molecule has 1 rings (SSSR count). The molecule has 11 heavy (non-hydrogen) atoms. The van der Waals surface area contributed by atoms with E-state index in [1.165, 1.54) is 0 Å². The summed E-state index contributed by atoms with van der Waals surface area (Å²) in [6, 6.07) is 0.440. The maximum atomic E-state index is 5.17. The lowest BCUT2D eigenvalue weighted by Gasteiger charge is -1.99. The van der Waals surface area contributed by atoms with E-state index >= 15 is 0 Å². The van der Waals surface area contributed by atoms with E-state index in [2.05, 4.69) is 25.9 Å². The maximum absolute atomic E-state index is 5.17. The van der Waals surface area contributed by atoms with Crippen LogP contribution in [0, 0.1) is 0 Å². The van der Waals surface area contributed by atoms with Gasteiger partial charge in [0.05, 0.1) is 11.1 Å². The van der Waals surface area contributed by atoms with Crippen molar-refractivity contribution in [3.63, 3.8) is 0 Å². The zero-order valence-corrected chi connectivity index (χ0v) is 7.84. The Hall–Kier alpha value is -0.640. The summed E-state index contributed by atoms with van der Waals surface area (Å²) < 4.78 is 6.03. The van der Waals surface area contributed by atoms with Gasteiger partial charge in [0.25, 0.3) is 0 Å². The molecule has 0 saturated carbocycles. The zero-order valence-electron chi connectivity index (χ0n) is 6.25. The van der Waals surface area contributed by atoms with Gasteiger partial charge in [0.1, 0.15) is 0 Å². The molecule has 0 saturated heterocycles. The molecule has 0 bridgehead atoms. The average molecular weight is 217 g/mol. The van der Waals surface area contributed by atoms with Crippen molar-refractivity contribution in [2.75, 3.05) is 6.61 Å². The molecular weight excluding hydrogens is 208 g/mol. The molecule has 4 heteroatoms. The van der Waals surface area contributed by atoms with Gasteiger partial charge in [-0.15, -0.1) is 0 Å². The van der Waals surface area contributed by atoms with Gasteiger partial charge < -0.3 is 4.74 Å². The fourth-order valence-electron chi connectivity index (χ4n) is 0.568. The van der Waals surface area contributed by atoms with E-state index in [0.29, 0.717) is 12.6 Å². The minimum Gasteiger partial charge on any atom is -0.463 e. The average Bonchev–Trinajstić information content (AvgIpc) is 2.04. The lowest BCUT2D eigenvalue weighted by Crippen LogP contribution is -1.98. The fraction of sp³-hybridized carbons (Fsp3) is 0.429. The van der Waals surface area contributed by atoms with Crippen molar-refractivity contribution in [1.82, 2.24) is 9.97 Å². The Morgan fingerprint density at radius 3 is 2.64 bits per heavy atom. The van der Waals surface area contributed by atoms with E-state index in [0.717, 1.165) is 10.9 Å². The highest BCUT2D eigenvalue weighted by atomic mass is 79.9. The molecule has 3 nitrogen and oxygen atoms in total. The van der Waals surface area contributed by atoms with Gasteiger partial charge in [-0.2, -0.15) is 0 Å². The number of rotatable bonds is 3. The van der Waals surface area contributed by atoms with Crippen LogP contribution in [0.15, 0.2) is 16.9 Å². The minimum atomic E-state index is 0.440. The van der Waals surface area contributed by atoms with Gasteiger partial charge in [-0.3, -0.25) is 0 Å². The molecule has 1 aromatic heterocycles. The summed E-state index contributed by atoms with van der Waals surface area (Å²) >= 11 is 3.23. The third-order valence-corrected chi connectivity index (χ3v) is 1.44. The second kappa shape index (κ2) is 4.28. The van der Waals surface area contributed by atoms with Gasteiger partial charge in [0.15, 0.2) is 0 Å². The Kier molecular flexibility index (Phi) is 3.29. The summed E-state index contributed by atoms with van der Waals surface area (Å²) in [5.74, 6) is 0. The number of halogens is 1. The molecule has 0 aromatic carbocycles. The largest absolute Gasteiger partial charge is 0.463 e. The van der Waals surface area contributed by atoms with Crippen LogP contribution in [0.5, 0.6) is 6.01 Å². The topological polar surface area (TPSA) is 35.0 Å². The van der Waals surface area contributed by atoms with Crippen molar-refractivity contribution in [1.29, 1.82) is 0 Å². The number of nitrogens with zero attached hydrogens (tertiary/aromatic N) is 2. The molecule has 0 unspecified atom stereocenters. The van der Waals surface area contributed by atoms with Gasteiger partial charge >= 0.3 is 6.01 Å². The first-order valence-corrected chi connectivity index (χ1v) is 4.22. The summed E-state index contributed by atoms with van der Waals surface area (Å²) in [6.07, 6.45) is 4.30. The molecule has 0 aliphatic carbocycles. The van der Waals surface area contributed by atoms with Crippen molar-refractivity contribution in [2.45, 2.75) is 13.3 Å². The van der Waals surface area contributed by atoms with Crippen molar-refractivity contribution in [3.05, 3.63) is 16.9 Å². The molecular formula is C7H9BrN2O. The number of ether oxygens (including phenoxy) is 1. The third kappa shape index (κ3) is 2.84. The van der Waals surface area contributed by atoms with Gasteiger partial charge in [-0.25, -0.2) is 9.97 Å². The predicted octanol–water partition coefficient (Wildman–Crippen LogP) is 2.03. The third-order valence-electron chi connectivity index (χ3n) is 1.03. The second-order valence-corrected chi connectivity index (χ2v) is 2.95. The van der Waals surface area contributed by atoms with Crippen LogP contribution >= 0.6 is 15.9 Å². The van der Waals surface area contributed by atoms with E-state index < -0.39 is 0 Å². The molecule has 60 valence electrons. The molecule has 1 aromatic rings. The monoisotopic (exact) mass is 216 g/mol. The predicted molar refractivity (Wildman–Crippen MR) is 45.5 cm³/mol. The Morgan fingerprint density at radius 2 is 2.09 bits per heavy atom. The molecule has 0 N–H and O–H groups in total. The molecule has 0 spiro atoms. The van der Waals surface area contributed by atoms with Crippen LogP contribution < -0.4 is 4.74 Å². The quantitative estimate of drug-likeness (QED) is 0.776. The molecule has 0 aliphatic heterocycles. The highest BCUT2D eigenvalue weighted by molar-refractivity contribution is 9.10. The molecule has 0 aliphatic rings. The van der Waals surface area contributed by atoms with E-state index in [1.807, 2.05) is 6.92 Å². The maximum Gasteiger partial charge on any atom is 0.316 e. The van der Waals surface area contributed by atoms with Gasteiger partial charge in [0, 0.05) is 12.4 Å². The van der Waals surface area contributed by atoms with E-state index in [9.17, 15) is 0 Å². The van der Waals surface area contributed by atoms with E-state index in [4.69, 9.17) is 4.74 Å². The van der Waals surface area contributed by atoms with Crippen molar-refractivity contribution < 1.29 is 4.74 Å². The van der Waals surface area contributed by atoms with Crippen LogP contribution in [0.4, 0.5) is 0 Å². The molecule has 0 radical (unpaired) electrons. The van der Waals surface area contributed by atoms with Crippen LogP contribution in [0.2, 0.25) is 0 Å². The zero-order chi connectivity index (χ0) is 8.10. The van der Waals surface area contributed by atoms with E-state index in [-0.39, 0.29) is 0 Å². The first-order valence-electron chi connectivity index (χ1n) is 3.43. The van der Waals surface area contributed by atoms with E-state index in [1.54, 1.807) is 12.4 Å². The van der Waals surface area contributed by atoms with Crippen LogP contribution in [-0.2, 0) is 0 Å². The first-order chi connectivity index (χ1) is 5.33. The Balaban J connectivity index is 2.52. The smallest absolute Gasteiger partial charge is 0.316 e. The normalized spacial score (nSPS) is 9.64. The van der Waals surface area contributed by atoms with Crippen LogP contribution in [0.1, 0.15) is 13.3 Å². The van der Waals surface area contributed by atoms with Crippen molar-refractivity contribution in [2.24, 2.45) is 0 Å². The van der Waals surface area contributed by atoms with Crippen LogP contribution in [-0.4, -0.2) is 16.6 Å². The second-order valence-electron chi connectivity index (χ2n) is 2.03. The van der Waals surface area contributed by atoms with Crippen molar-refractivity contribution >= 4 is 15.9 Å². The molecule has 0 atom stereocenters. The summed E-state index contributed by atoms with van der Waals surface area (Å²) in [5, 5.41) is 0. The number of hydrogen-bond donors (Lipinski definition) is 0. The minimum absolute atomic E-state index is 0.440. The Morgan fingerprint density at radius 1 is 1.45 bits per heavy atom. The van der Waals surface area contributed by atoms with Crippen LogP contribution in [0.3, 0.4) is 0 Å².